The number of benzene rings is 1. The minimum atomic E-state index is -0.204. The summed E-state index contributed by atoms with van der Waals surface area (Å²) in [6.45, 7) is 13.9. The molecule has 5 rings (SSSR count). The van der Waals surface area contributed by atoms with Gasteiger partial charge in [-0.2, -0.15) is 0 Å². The number of carbonyl (C=O) groups excluding carboxylic acids is 1. The Hall–Kier alpha value is -1.51. The van der Waals surface area contributed by atoms with Crippen LogP contribution in [0, 0.1) is 28.6 Å². The Morgan fingerprint density at radius 2 is 1.50 bits per heavy atom. The van der Waals surface area contributed by atoms with Crippen LogP contribution in [0.1, 0.15) is 104 Å². The number of carbonyl (C=O) groups is 1. The number of esters is 1. The summed E-state index contributed by atoms with van der Waals surface area (Å²) in [6, 6.07) is 8.37. The first-order valence-electron chi connectivity index (χ1n) is 12.9. The van der Waals surface area contributed by atoms with Gasteiger partial charge in [-0.3, -0.25) is 0 Å². The molecule has 1 aromatic carbocycles. The summed E-state index contributed by atoms with van der Waals surface area (Å²) in [5.41, 5.74) is 1.60. The normalized spacial score (nSPS) is 30.6. The van der Waals surface area contributed by atoms with E-state index in [2.05, 4.69) is 53.7 Å². The highest BCUT2D eigenvalue weighted by molar-refractivity contribution is 5.71. The van der Waals surface area contributed by atoms with Gasteiger partial charge in [0, 0.05) is 0 Å². The molecule has 3 heteroatoms. The van der Waals surface area contributed by atoms with E-state index in [1.807, 2.05) is 12.1 Å². The van der Waals surface area contributed by atoms with Crippen LogP contribution in [0.3, 0.4) is 0 Å². The summed E-state index contributed by atoms with van der Waals surface area (Å²) in [5.74, 6) is 3.30. The molecule has 1 aromatic rings. The molecule has 32 heavy (non-hydrogen) atoms. The molecular weight excluding hydrogens is 396 g/mol. The molecule has 0 aliphatic heterocycles. The highest BCUT2D eigenvalue weighted by Crippen LogP contribution is 2.54. The zero-order valence-electron chi connectivity index (χ0n) is 21.2. The van der Waals surface area contributed by atoms with Crippen LogP contribution in [-0.4, -0.2) is 18.2 Å². The van der Waals surface area contributed by atoms with Crippen molar-refractivity contribution in [1.29, 1.82) is 0 Å². The maximum absolute atomic E-state index is 12.7. The topological polar surface area (TPSA) is 35.5 Å². The third-order valence-corrected chi connectivity index (χ3v) is 8.13. The Morgan fingerprint density at radius 1 is 0.938 bits per heavy atom. The van der Waals surface area contributed by atoms with E-state index < -0.39 is 0 Å². The van der Waals surface area contributed by atoms with Crippen LogP contribution in [0.15, 0.2) is 24.3 Å². The Bertz CT molecular complexity index is 779. The second kappa shape index (κ2) is 8.69. The molecule has 3 unspecified atom stereocenters. The van der Waals surface area contributed by atoms with Crippen LogP contribution in [0.4, 0.5) is 0 Å². The van der Waals surface area contributed by atoms with E-state index in [-0.39, 0.29) is 29.0 Å². The van der Waals surface area contributed by atoms with Crippen LogP contribution in [0.5, 0.6) is 5.75 Å². The van der Waals surface area contributed by atoms with Crippen LogP contribution in [-0.2, 0) is 9.53 Å². The highest BCUT2D eigenvalue weighted by atomic mass is 16.6. The van der Waals surface area contributed by atoms with Crippen molar-refractivity contribution in [2.75, 3.05) is 6.61 Å². The first-order chi connectivity index (χ1) is 14.9. The molecule has 4 aliphatic rings. The van der Waals surface area contributed by atoms with E-state index in [0.717, 1.165) is 49.2 Å². The molecule has 4 bridgehead atoms. The van der Waals surface area contributed by atoms with E-state index in [1.165, 1.54) is 31.2 Å². The van der Waals surface area contributed by atoms with Gasteiger partial charge in [0.2, 0.25) is 0 Å². The Kier molecular flexibility index (Phi) is 6.42. The SMILES string of the molecule is CC(C)(C)CC(c1ccc(OCC(=O)OC23CC4CCC(CC(C4)C2)C3)cc1)C(C)(C)C. The summed E-state index contributed by atoms with van der Waals surface area (Å²) in [7, 11) is 0. The lowest BCUT2D eigenvalue weighted by molar-refractivity contribution is -0.175. The molecule has 0 spiro atoms. The molecule has 178 valence electrons. The predicted octanol–water partition coefficient (Wildman–Crippen LogP) is 7.53. The van der Waals surface area contributed by atoms with Gasteiger partial charge in [-0.15, -0.1) is 0 Å². The first-order valence-corrected chi connectivity index (χ1v) is 12.9. The van der Waals surface area contributed by atoms with Gasteiger partial charge < -0.3 is 9.47 Å². The fraction of sp³-hybridized carbons (Fsp3) is 0.759. The van der Waals surface area contributed by atoms with Gasteiger partial charge in [-0.1, -0.05) is 66.5 Å². The second-order valence-electron chi connectivity index (χ2n) is 13.5. The Balaban J connectivity index is 1.34. The van der Waals surface area contributed by atoms with Crippen molar-refractivity contribution in [3.63, 3.8) is 0 Å². The number of hydrogen-bond acceptors (Lipinski definition) is 3. The molecule has 4 aliphatic carbocycles. The lowest BCUT2D eigenvalue weighted by atomic mass is 9.65. The van der Waals surface area contributed by atoms with Crippen molar-refractivity contribution < 1.29 is 14.3 Å². The summed E-state index contributed by atoms with van der Waals surface area (Å²) in [4.78, 5) is 12.7. The second-order valence-corrected chi connectivity index (χ2v) is 13.5. The van der Waals surface area contributed by atoms with Crippen molar-refractivity contribution in [2.24, 2.45) is 28.6 Å². The third-order valence-electron chi connectivity index (χ3n) is 8.13. The zero-order chi connectivity index (χ0) is 23.1. The number of rotatable bonds is 6. The largest absolute Gasteiger partial charge is 0.482 e. The third kappa shape index (κ3) is 5.69. The van der Waals surface area contributed by atoms with Crippen LogP contribution >= 0.6 is 0 Å². The van der Waals surface area contributed by atoms with Gasteiger partial charge in [0.25, 0.3) is 0 Å². The molecule has 0 aromatic heterocycles. The average Bonchev–Trinajstić information content (AvgIpc) is 2.88. The van der Waals surface area contributed by atoms with Crippen LogP contribution in [0.2, 0.25) is 0 Å². The monoisotopic (exact) mass is 440 g/mol. The summed E-state index contributed by atoms with van der Waals surface area (Å²) in [6.07, 6.45) is 9.70. The molecule has 4 fully saturated rings. The maximum atomic E-state index is 12.7. The fourth-order valence-corrected chi connectivity index (χ4v) is 6.98. The standard InChI is InChI=1S/C29H44O3/c1-27(2,3)18-25(28(4,5)6)23-9-11-24(12-10-23)31-19-26(30)32-29-15-20-7-8-21(16-29)14-22(13-20)17-29/h9-12,20-22,25H,7-8,13-19H2,1-6H3. The number of ether oxygens (including phenoxy) is 2. The van der Waals surface area contributed by atoms with Crippen molar-refractivity contribution in [2.45, 2.75) is 104 Å². The van der Waals surface area contributed by atoms with Gasteiger partial charge >= 0.3 is 5.97 Å². The van der Waals surface area contributed by atoms with E-state index in [0.29, 0.717) is 5.92 Å². The van der Waals surface area contributed by atoms with Crippen molar-refractivity contribution in [1.82, 2.24) is 0 Å². The average molecular weight is 441 g/mol. The summed E-state index contributed by atoms with van der Waals surface area (Å²) < 4.78 is 12.0. The minimum absolute atomic E-state index is 0.00574. The van der Waals surface area contributed by atoms with Gasteiger partial charge in [0.05, 0.1) is 0 Å². The molecule has 0 heterocycles. The van der Waals surface area contributed by atoms with E-state index in [1.54, 1.807) is 0 Å². The molecule has 4 saturated carbocycles. The molecule has 0 saturated heterocycles. The smallest absolute Gasteiger partial charge is 0.344 e. The zero-order valence-corrected chi connectivity index (χ0v) is 21.2. The van der Waals surface area contributed by atoms with Gasteiger partial charge in [0.15, 0.2) is 6.61 Å². The van der Waals surface area contributed by atoms with E-state index in [9.17, 15) is 4.79 Å². The van der Waals surface area contributed by atoms with Gasteiger partial charge in [-0.25, -0.2) is 4.79 Å². The lowest BCUT2D eigenvalue weighted by Gasteiger charge is -2.47. The quantitative estimate of drug-likeness (QED) is 0.429. The van der Waals surface area contributed by atoms with Crippen molar-refractivity contribution in [3.05, 3.63) is 29.8 Å². The number of fused-ring (bicyclic) bond motifs is 1. The van der Waals surface area contributed by atoms with E-state index in [4.69, 9.17) is 9.47 Å². The van der Waals surface area contributed by atoms with Gasteiger partial charge in [-0.05, 0) is 90.7 Å². The number of hydrogen-bond donors (Lipinski definition) is 0. The van der Waals surface area contributed by atoms with Crippen LogP contribution < -0.4 is 4.74 Å². The van der Waals surface area contributed by atoms with Gasteiger partial charge in [0.1, 0.15) is 11.4 Å². The van der Waals surface area contributed by atoms with Crippen molar-refractivity contribution >= 4 is 5.97 Å². The molecular formula is C29H44O3. The lowest BCUT2D eigenvalue weighted by Crippen LogP contribution is -2.47. The molecule has 3 nitrogen and oxygen atoms in total. The molecule has 3 atom stereocenters. The Morgan fingerprint density at radius 3 is 2.03 bits per heavy atom. The van der Waals surface area contributed by atoms with Crippen molar-refractivity contribution in [3.8, 4) is 5.75 Å². The molecule has 0 amide bonds. The molecule has 0 N–H and O–H groups in total. The maximum Gasteiger partial charge on any atom is 0.344 e. The minimum Gasteiger partial charge on any atom is -0.482 e. The predicted molar refractivity (Wildman–Crippen MR) is 130 cm³/mol. The summed E-state index contributed by atoms with van der Waals surface area (Å²) in [5, 5.41) is 0. The first kappa shape index (κ1) is 23.6. The molecule has 0 radical (unpaired) electrons. The van der Waals surface area contributed by atoms with E-state index >= 15 is 0 Å². The highest BCUT2D eigenvalue weighted by Gasteiger charge is 2.50. The summed E-state index contributed by atoms with van der Waals surface area (Å²) >= 11 is 0. The Labute approximate surface area is 195 Å². The fourth-order valence-electron chi connectivity index (χ4n) is 6.98. The van der Waals surface area contributed by atoms with Crippen LogP contribution in [0.25, 0.3) is 0 Å².